The number of aryl methyl sites for hydroxylation is 1. The van der Waals surface area contributed by atoms with Crippen molar-refractivity contribution in [2.45, 2.75) is 32.4 Å². The molecule has 0 spiro atoms. The number of carbonyl (C=O) groups excluding carboxylic acids is 1. The maximum atomic E-state index is 13.2. The zero-order valence-electron chi connectivity index (χ0n) is 15.2. The van der Waals surface area contributed by atoms with Gasteiger partial charge in [0.25, 0.3) is 0 Å². The van der Waals surface area contributed by atoms with Gasteiger partial charge in [0.1, 0.15) is 16.2 Å². The molecule has 4 rings (SSSR count). The topological polar surface area (TPSA) is 59.0 Å². The SMILES string of the molecule is Cc1nnc(-c2ccc3cnc(CC(=O)CN4CCC(F)CC4)cc3c2)s1. The van der Waals surface area contributed by atoms with Crippen molar-refractivity contribution in [3.05, 3.63) is 41.2 Å². The molecule has 1 aromatic carbocycles. The number of ketones is 1. The van der Waals surface area contributed by atoms with E-state index in [9.17, 15) is 9.18 Å². The van der Waals surface area contributed by atoms with Gasteiger partial charge in [-0.05, 0) is 37.3 Å². The van der Waals surface area contributed by atoms with Crippen LogP contribution < -0.4 is 0 Å². The first-order chi connectivity index (χ1) is 13.1. The Labute approximate surface area is 161 Å². The fourth-order valence-electron chi connectivity index (χ4n) is 3.40. The van der Waals surface area contributed by atoms with Crippen LogP contribution in [0.5, 0.6) is 0 Å². The maximum Gasteiger partial charge on any atom is 0.152 e. The first-order valence-corrected chi connectivity index (χ1v) is 9.96. The summed E-state index contributed by atoms with van der Waals surface area (Å²) < 4.78 is 13.2. The third kappa shape index (κ3) is 4.36. The lowest BCUT2D eigenvalue weighted by Gasteiger charge is -2.27. The van der Waals surface area contributed by atoms with E-state index in [0.29, 0.717) is 38.9 Å². The van der Waals surface area contributed by atoms with Crippen LogP contribution in [0.15, 0.2) is 30.5 Å². The highest BCUT2D eigenvalue weighted by Gasteiger charge is 2.20. The Bertz CT molecular complexity index is 966. The van der Waals surface area contributed by atoms with Crippen LogP contribution in [0.25, 0.3) is 21.3 Å². The predicted molar refractivity (Wildman–Crippen MR) is 105 cm³/mol. The van der Waals surface area contributed by atoms with Crippen molar-refractivity contribution >= 4 is 27.9 Å². The molecule has 7 heteroatoms. The normalized spacial score (nSPS) is 16.1. The number of benzene rings is 1. The number of halogens is 1. The van der Waals surface area contributed by atoms with E-state index in [1.165, 1.54) is 0 Å². The molecule has 0 N–H and O–H groups in total. The van der Waals surface area contributed by atoms with E-state index in [0.717, 1.165) is 32.0 Å². The smallest absolute Gasteiger partial charge is 0.152 e. The minimum atomic E-state index is -0.718. The number of carbonyl (C=O) groups is 1. The zero-order chi connectivity index (χ0) is 18.8. The van der Waals surface area contributed by atoms with Gasteiger partial charge in [-0.15, -0.1) is 10.2 Å². The highest BCUT2D eigenvalue weighted by molar-refractivity contribution is 7.14. The summed E-state index contributed by atoms with van der Waals surface area (Å²) in [5.41, 5.74) is 1.78. The Morgan fingerprint density at radius 2 is 2.04 bits per heavy atom. The fraction of sp³-hybridized carbons (Fsp3) is 0.400. The van der Waals surface area contributed by atoms with E-state index in [4.69, 9.17) is 0 Å². The number of Topliss-reactive ketones (excluding diaryl/α,β-unsaturated/α-hetero) is 1. The third-order valence-corrected chi connectivity index (χ3v) is 5.73. The van der Waals surface area contributed by atoms with Crippen LogP contribution in [0.3, 0.4) is 0 Å². The van der Waals surface area contributed by atoms with E-state index in [2.05, 4.69) is 21.2 Å². The van der Waals surface area contributed by atoms with Gasteiger partial charge in [0.15, 0.2) is 5.78 Å². The van der Waals surface area contributed by atoms with Crippen LogP contribution in [-0.2, 0) is 11.2 Å². The second-order valence-electron chi connectivity index (χ2n) is 7.03. The molecule has 2 aromatic heterocycles. The Hall–Kier alpha value is -2.25. The van der Waals surface area contributed by atoms with Crippen LogP contribution in [0.1, 0.15) is 23.5 Å². The molecule has 3 heterocycles. The minimum absolute atomic E-state index is 0.120. The Balaban J connectivity index is 1.48. The first-order valence-electron chi connectivity index (χ1n) is 9.14. The number of fused-ring (bicyclic) bond motifs is 1. The molecular weight excluding hydrogens is 363 g/mol. The number of piperidine rings is 1. The number of alkyl halides is 1. The highest BCUT2D eigenvalue weighted by Crippen LogP contribution is 2.27. The van der Waals surface area contributed by atoms with Gasteiger partial charge in [0.05, 0.1) is 13.0 Å². The van der Waals surface area contributed by atoms with Gasteiger partial charge < -0.3 is 0 Å². The van der Waals surface area contributed by atoms with E-state index in [1.54, 1.807) is 11.3 Å². The Kier molecular flexibility index (Phi) is 5.22. The van der Waals surface area contributed by atoms with Gasteiger partial charge in [-0.3, -0.25) is 14.7 Å². The zero-order valence-corrected chi connectivity index (χ0v) is 16.0. The lowest BCUT2D eigenvalue weighted by molar-refractivity contribution is -0.120. The molecule has 140 valence electrons. The van der Waals surface area contributed by atoms with E-state index >= 15 is 0 Å². The molecule has 0 radical (unpaired) electrons. The number of pyridine rings is 1. The number of aromatic nitrogens is 3. The van der Waals surface area contributed by atoms with E-state index in [1.807, 2.05) is 36.2 Å². The van der Waals surface area contributed by atoms with Gasteiger partial charge in [-0.1, -0.05) is 23.5 Å². The third-order valence-electron chi connectivity index (χ3n) is 4.85. The molecule has 5 nitrogen and oxygen atoms in total. The standard InChI is InChI=1S/C20H21FN4OS/c1-13-23-24-20(27-13)14-2-3-15-11-22-18(9-16(15)8-14)10-19(26)12-25-6-4-17(21)5-7-25/h2-3,8-9,11,17H,4-7,10,12H2,1H3. The van der Waals surface area contributed by atoms with Crippen molar-refractivity contribution in [3.8, 4) is 10.6 Å². The van der Waals surface area contributed by atoms with Crippen molar-refractivity contribution in [1.29, 1.82) is 0 Å². The molecular formula is C20H21FN4OS. The Morgan fingerprint density at radius 1 is 1.22 bits per heavy atom. The molecule has 0 atom stereocenters. The molecule has 0 aliphatic carbocycles. The van der Waals surface area contributed by atoms with Gasteiger partial charge in [0.2, 0.25) is 0 Å². The lowest BCUT2D eigenvalue weighted by atomic mass is 10.1. The Morgan fingerprint density at radius 3 is 2.78 bits per heavy atom. The summed E-state index contributed by atoms with van der Waals surface area (Å²) in [6.07, 6.45) is 2.43. The van der Waals surface area contributed by atoms with Crippen molar-refractivity contribution < 1.29 is 9.18 Å². The van der Waals surface area contributed by atoms with Crippen LogP contribution in [-0.4, -0.2) is 51.7 Å². The first kappa shape index (κ1) is 18.1. The monoisotopic (exact) mass is 384 g/mol. The summed E-state index contributed by atoms with van der Waals surface area (Å²) in [7, 11) is 0. The number of rotatable bonds is 5. The maximum absolute atomic E-state index is 13.2. The quantitative estimate of drug-likeness (QED) is 0.673. The summed E-state index contributed by atoms with van der Waals surface area (Å²) in [4.78, 5) is 18.9. The largest absolute Gasteiger partial charge is 0.298 e. The van der Waals surface area contributed by atoms with E-state index < -0.39 is 6.17 Å². The summed E-state index contributed by atoms with van der Waals surface area (Å²) in [6.45, 7) is 3.62. The number of hydrogen-bond donors (Lipinski definition) is 0. The molecule has 0 unspecified atom stereocenters. The minimum Gasteiger partial charge on any atom is -0.298 e. The molecule has 0 amide bonds. The van der Waals surface area contributed by atoms with Gasteiger partial charge in [-0.25, -0.2) is 4.39 Å². The number of hydrogen-bond acceptors (Lipinski definition) is 6. The average Bonchev–Trinajstić information content (AvgIpc) is 3.09. The molecule has 27 heavy (non-hydrogen) atoms. The summed E-state index contributed by atoms with van der Waals surface area (Å²) in [5, 5.41) is 12.2. The van der Waals surface area contributed by atoms with Gasteiger partial charge in [0, 0.05) is 35.9 Å². The second kappa shape index (κ2) is 7.78. The van der Waals surface area contributed by atoms with Crippen molar-refractivity contribution in [2.24, 2.45) is 0 Å². The van der Waals surface area contributed by atoms with Gasteiger partial charge in [-0.2, -0.15) is 0 Å². The van der Waals surface area contributed by atoms with Gasteiger partial charge >= 0.3 is 0 Å². The molecule has 0 bridgehead atoms. The molecule has 1 aliphatic rings. The molecule has 3 aromatic rings. The predicted octanol–water partition coefficient (Wildman–Crippen LogP) is 3.61. The molecule has 1 saturated heterocycles. The van der Waals surface area contributed by atoms with Crippen LogP contribution >= 0.6 is 11.3 Å². The van der Waals surface area contributed by atoms with Crippen LogP contribution in [0, 0.1) is 6.92 Å². The molecule has 0 saturated carbocycles. The molecule has 1 fully saturated rings. The number of likely N-dealkylation sites (tertiary alicyclic amines) is 1. The fourth-order valence-corrected chi connectivity index (χ4v) is 4.08. The van der Waals surface area contributed by atoms with Crippen molar-refractivity contribution in [2.75, 3.05) is 19.6 Å². The van der Waals surface area contributed by atoms with E-state index in [-0.39, 0.29) is 5.78 Å². The lowest BCUT2D eigenvalue weighted by Crippen LogP contribution is -2.38. The second-order valence-corrected chi connectivity index (χ2v) is 8.21. The van der Waals surface area contributed by atoms with Crippen molar-refractivity contribution in [1.82, 2.24) is 20.1 Å². The number of nitrogens with zero attached hydrogens (tertiary/aromatic N) is 4. The van der Waals surface area contributed by atoms with Crippen molar-refractivity contribution in [3.63, 3.8) is 0 Å². The summed E-state index contributed by atoms with van der Waals surface area (Å²) in [6, 6.07) is 8.07. The molecule has 1 aliphatic heterocycles. The van der Waals surface area contributed by atoms with Crippen LogP contribution in [0.2, 0.25) is 0 Å². The highest BCUT2D eigenvalue weighted by atomic mass is 32.1. The average molecular weight is 384 g/mol. The summed E-state index contributed by atoms with van der Waals surface area (Å²) >= 11 is 1.56. The summed E-state index contributed by atoms with van der Waals surface area (Å²) in [5.74, 6) is 0.120. The van der Waals surface area contributed by atoms with Crippen LogP contribution in [0.4, 0.5) is 4.39 Å².